The standard InChI is InChI=1S/C17H12N2O2/c1-2-4-14-13(3-1)6-8-17(19-14)18-10-12-5-7-15-16(9-12)21-11-20-15/h1-10H,11H2. The van der Waals surface area contributed by atoms with Crippen LogP contribution >= 0.6 is 0 Å². The summed E-state index contributed by atoms with van der Waals surface area (Å²) in [5.74, 6) is 2.22. The lowest BCUT2D eigenvalue weighted by Crippen LogP contribution is -1.92. The predicted octanol–water partition coefficient (Wildman–Crippen LogP) is 3.71. The van der Waals surface area contributed by atoms with Gasteiger partial charge in [0, 0.05) is 11.6 Å². The van der Waals surface area contributed by atoms with Gasteiger partial charge in [-0.2, -0.15) is 0 Å². The third kappa shape index (κ3) is 2.31. The summed E-state index contributed by atoms with van der Waals surface area (Å²) in [6.07, 6.45) is 1.78. The van der Waals surface area contributed by atoms with Gasteiger partial charge in [0.15, 0.2) is 17.3 Å². The molecule has 0 N–H and O–H groups in total. The molecule has 3 aromatic rings. The van der Waals surface area contributed by atoms with Gasteiger partial charge in [-0.25, -0.2) is 9.98 Å². The monoisotopic (exact) mass is 276 g/mol. The Labute approximate surface area is 121 Å². The third-order valence-corrected chi connectivity index (χ3v) is 3.33. The van der Waals surface area contributed by atoms with E-state index in [1.807, 2.05) is 54.6 Å². The Kier molecular flexibility index (Phi) is 2.78. The maximum absolute atomic E-state index is 5.35. The molecule has 0 bridgehead atoms. The molecule has 4 rings (SSSR count). The Bertz CT molecular complexity index is 843. The van der Waals surface area contributed by atoms with Crippen LogP contribution in [0.4, 0.5) is 5.82 Å². The summed E-state index contributed by atoms with van der Waals surface area (Å²) in [5, 5.41) is 1.11. The second-order valence-corrected chi connectivity index (χ2v) is 4.73. The number of para-hydroxylation sites is 1. The highest BCUT2D eigenvalue weighted by Gasteiger charge is 2.12. The number of nitrogens with zero attached hydrogens (tertiary/aromatic N) is 2. The SMILES string of the molecule is C(=Nc1ccc2ccccc2n1)c1ccc2c(c1)OCO2. The lowest BCUT2D eigenvalue weighted by atomic mass is 10.2. The molecular weight excluding hydrogens is 264 g/mol. The summed E-state index contributed by atoms with van der Waals surface area (Å²) in [6, 6.07) is 17.7. The van der Waals surface area contributed by atoms with Crippen LogP contribution in [0.15, 0.2) is 59.6 Å². The van der Waals surface area contributed by atoms with E-state index in [2.05, 4.69) is 9.98 Å². The van der Waals surface area contributed by atoms with E-state index < -0.39 is 0 Å². The zero-order valence-electron chi connectivity index (χ0n) is 11.2. The van der Waals surface area contributed by atoms with Crippen LogP contribution < -0.4 is 9.47 Å². The van der Waals surface area contributed by atoms with Gasteiger partial charge in [0.25, 0.3) is 0 Å². The first-order chi connectivity index (χ1) is 10.4. The minimum atomic E-state index is 0.280. The Balaban J connectivity index is 1.64. The quantitative estimate of drug-likeness (QED) is 0.670. The number of hydrogen-bond donors (Lipinski definition) is 0. The molecule has 21 heavy (non-hydrogen) atoms. The molecule has 0 unspecified atom stereocenters. The lowest BCUT2D eigenvalue weighted by Gasteiger charge is -1.99. The summed E-state index contributed by atoms with van der Waals surface area (Å²) in [5.41, 5.74) is 1.90. The van der Waals surface area contributed by atoms with Crippen molar-refractivity contribution in [1.82, 2.24) is 4.98 Å². The first-order valence-electron chi connectivity index (χ1n) is 6.68. The van der Waals surface area contributed by atoms with Gasteiger partial charge >= 0.3 is 0 Å². The second kappa shape index (κ2) is 4.90. The Morgan fingerprint density at radius 3 is 2.86 bits per heavy atom. The normalized spacial score (nSPS) is 13.1. The molecule has 0 fully saturated rings. The van der Waals surface area contributed by atoms with E-state index >= 15 is 0 Å². The van der Waals surface area contributed by atoms with Crippen molar-refractivity contribution >= 4 is 22.9 Å². The predicted molar refractivity (Wildman–Crippen MR) is 81.6 cm³/mol. The zero-order chi connectivity index (χ0) is 14.1. The smallest absolute Gasteiger partial charge is 0.231 e. The molecule has 0 saturated carbocycles. The molecule has 0 radical (unpaired) electrons. The molecule has 0 aliphatic carbocycles. The maximum Gasteiger partial charge on any atom is 0.231 e. The Morgan fingerprint density at radius 1 is 0.952 bits per heavy atom. The average Bonchev–Trinajstić information content (AvgIpc) is 3.00. The molecule has 0 spiro atoms. The third-order valence-electron chi connectivity index (χ3n) is 3.33. The van der Waals surface area contributed by atoms with Crippen LogP contribution in [0, 0.1) is 0 Å². The fraction of sp³-hybridized carbons (Fsp3) is 0.0588. The molecule has 2 aromatic carbocycles. The van der Waals surface area contributed by atoms with Gasteiger partial charge in [-0.1, -0.05) is 18.2 Å². The Morgan fingerprint density at radius 2 is 1.86 bits per heavy atom. The average molecular weight is 276 g/mol. The number of aliphatic imine (C=N–C) groups is 1. The molecular formula is C17H12N2O2. The van der Waals surface area contributed by atoms with Crippen molar-refractivity contribution in [3.63, 3.8) is 0 Å². The molecule has 1 aromatic heterocycles. The topological polar surface area (TPSA) is 43.7 Å². The zero-order valence-corrected chi connectivity index (χ0v) is 11.2. The van der Waals surface area contributed by atoms with Gasteiger partial charge in [-0.3, -0.25) is 0 Å². The van der Waals surface area contributed by atoms with Crippen molar-refractivity contribution in [3.05, 3.63) is 60.2 Å². The van der Waals surface area contributed by atoms with Crippen LogP contribution in [-0.2, 0) is 0 Å². The highest BCUT2D eigenvalue weighted by atomic mass is 16.7. The number of ether oxygens (including phenoxy) is 2. The summed E-state index contributed by atoms with van der Waals surface area (Å²) in [6.45, 7) is 0.280. The highest BCUT2D eigenvalue weighted by Crippen LogP contribution is 2.32. The van der Waals surface area contributed by atoms with E-state index in [4.69, 9.17) is 9.47 Å². The van der Waals surface area contributed by atoms with Gasteiger partial charge in [0.05, 0.1) is 5.52 Å². The van der Waals surface area contributed by atoms with Crippen molar-refractivity contribution in [1.29, 1.82) is 0 Å². The van der Waals surface area contributed by atoms with Gasteiger partial charge in [-0.15, -0.1) is 0 Å². The molecule has 0 atom stereocenters. The molecule has 2 heterocycles. The molecule has 0 saturated heterocycles. The molecule has 0 amide bonds. The number of rotatable bonds is 2. The molecule has 1 aliphatic rings. The van der Waals surface area contributed by atoms with Crippen molar-refractivity contribution in [2.24, 2.45) is 4.99 Å². The van der Waals surface area contributed by atoms with Crippen LogP contribution in [-0.4, -0.2) is 18.0 Å². The van der Waals surface area contributed by atoms with E-state index in [-0.39, 0.29) is 6.79 Å². The largest absolute Gasteiger partial charge is 0.454 e. The first kappa shape index (κ1) is 11.9. The molecule has 4 nitrogen and oxygen atoms in total. The van der Waals surface area contributed by atoms with Gasteiger partial charge < -0.3 is 9.47 Å². The van der Waals surface area contributed by atoms with Crippen LogP contribution in [0.3, 0.4) is 0 Å². The minimum Gasteiger partial charge on any atom is -0.454 e. The van der Waals surface area contributed by atoms with Crippen molar-refractivity contribution in [3.8, 4) is 11.5 Å². The fourth-order valence-corrected chi connectivity index (χ4v) is 2.26. The van der Waals surface area contributed by atoms with Crippen LogP contribution in [0.25, 0.3) is 10.9 Å². The Hall–Kier alpha value is -2.88. The van der Waals surface area contributed by atoms with E-state index in [0.29, 0.717) is 5.82 Å². The number of benzene rings is 2. The van der Waals surface area contributed by atoms with E-state index in [0.717, 1.165) is 28.0 Å². The molecule has 4 heteroatoms. The van der Waals surface area contributed by atoms with E-state index in [9.17, 15) is 0 Å². The van der Waals surface area contributed by atoms with Crippen LogP contribution in [0.1, 0.15) is 5.56 Å². The van der Waals surface area contributed by atoms with Crippen molar-refractivity contribution < 1.29 is 9.47 Å². The number of aromatic nitrogens is 1. The number of hydrogen-bond acceptors (Lipinski definition) is 4. The minimum absolute atomic E-state index is 0.280. The van der Waals surface area contributed by atoms with Gasteiger partial charge in [-0.05, 0) is 42.0 Å². The molecule has 1 aliphatic heterocycles. The highest BCUT2D eigenvalue weighted by molar-refractivity contribution is 5.84. The summed E-state index contributed by atoms with van der Waals surface area (Å²) < 4.78 is 10.6. The van der Waals surface area contributed by atoms with Crippen molar-refractivity contribution in [2.45, 2.75) is 0 Å². The fourth-order valence-electron chi connectivity index (χ4n) is 2.26. The van der Waals surface area contributed by atoms with Gasteiger partial charge in [0.1, 0.15) is 0 Å². The maximum atomic E-state index is 5.35. The van der Waals surface area contributed by atoms with E-state index in [1.54, 1.807) is 6.21 Å². The lowest BCUT2D eigenvalue weighted by molar-refractivity contribution is 0.174. The number of pyridine rings is 1. The van der Waals surface area contributed by atoms with Crippen LogP contribution in [0.5, 0.6) is 11.5 Å². The van der Waals surface area contributed by atoms with Crippen LogP contribution in [0.2, 0.25) is 0 Å². The first-order valence-corrected chi connectivity index (χ1v) is 6.68. The second-order valence-electron chi connectivity index (χ2n) is 4.73. The summed E-state index contributed by atoms with van der Waals surface area (Å²) in [4.78, 5) is 8.93. The summed E-state index contributed by atoms with van der Waals surface area (Å²) >= 11 is 0. The summed E-state index contributed by atoms with van der Waals surface area (Å²) in [7, 11) is 0. The van der Waals surface area contributed by atoms with Crippen molar-refractivity contribution in [2.75, 3.05) is 6.79 Å². The number of fused-ring (bicyclic) bond motifs is 2. The molecule has 102 valence electrons. The van der Waals surface area contributed by atoms with Gasteiger partial charge in [0.2, 0.25) is 6.79 Å². The van der Waals surface area contributed by atoms with E-state index in [1.165, 1.54) is 0 Å².